The first-order valence-corrected chi connectivity index (χ1v) is 5.70. The van der Waals surface area contributed by atoms with E-state index < -0.39 is 17.7 Å². The van der Waals surface area contributed by atoms with Crippen molar-refractivity contribution in [3.8, 4) is 0 Å². The number of hydrogen-bond acceptors (Lipinski definition) is 5. The molecule has 1 rings (SSSR count). The monoisotopic (exact) mass is 292 g/mol. The lowest BCUT2D eigenvalue weighted by Crippen LogP contribution is -2.33. The van der Waals surface area contributed by atoms with E-state index in [0.717, 1.165) is 12.1 Å². The molecule has 0 aliphatic carbocycles. The summed E-state index contributed by atoms with van der Waals surface area (Å²) in [6, 6.07) is 1.78. The van der Waals surface area contributed by atoms with Gasteiger partial charge in [-0.25, -0.2) is 4.98 Å². The smallest absolute Gasteiger partial charge is 0.395 e. The van der Waals surface area contributed by atoms with Gasteiger partial charge in [-0.05, 0) is 12.1 Å². The van der Waals surface area contributed by atoms with Gasteiger partial charge in [-0.3, -0.25) is 5.41 Å². The molecule has 6 nitrogen and oxygen atoms in total. The third kappa shape index (κ3) is 3.81. The predicted molar refractivity (Wildman–Crippen MR) is 66.6 cm³/mol. The minimum Gasteiger partial charge on any atom is -0.395 e. The summed E-state index contributed by atoms with van der Waals surface area (Å²) in [5.74, 6) is -0.627. The highest BCUT2D eigenvalue weighted by atomic mass is 19.4. The largest absolute Gasteiger partial charge is 0.433 e. The van der Waals surface area contributed by atoms with E-state index in [1.54, 1.807) is 0 Å². The second kappa shape index (κ2) is 6.53. The van der Waals surface area contributed by atoms with Crippen molar-refractivity contribution in [2.24, 2.45) is 5.73 Å². The van der Waals surface area contributed by atoms with E-state index in [1.807, 2.05) is 0 Å². The summed E-state index contributed by atoms with van der Waals surface area (Å²) in [6.45, 7) is -0.741. The number of aromatic nitrogens is 1. The fourth-order valence-corrected chi connectivity index (χ4v) is 1.62. The Hall–Kier alpha value is -1.87. The van der Waals surface area contributed by atoms with Crippen molar-refractivity contribution < 1.29 is 23.4 Å². The van der Waals surface area contributed by atoms with Crippen LogP contribution in [0.15, 0.2) is 12.1 Å². The summed E-state index contributed by atoms with van der Waals surface area (Å²) >= 11 is 0. The van der Waals surface area contributed by atoms with Gasteiger partial charge in [0.1, 0.15) is 17.3 Å². The topological polar surface area (TPSA) is 106 Å². The van der Waals surface area contributed by atoms with E-state index in [-0.39, 0.29) is 37.7 Å². The van der Waals surface area contributed by atoms with Crippen molar-refractivity contribution in [1.29, 1.82) is 5.41 Å². The zero-order chi connectivity index (χ0) is 15.3. The van der Waals surface area contributed by atoms with Crippen LogP contribution >= 0.6 is 0 Å². The Morgan fingerprint density at radius 1 is 1.25 bits per heavy atom. The molecule has 1 heterocycles. The average Bonchev–Trinajstić information content (AvgIpc) is 2.36. The Balaban J connectivity index is 3.33. The van der Waals surface area contributed by atoms with Crippen LogP contribution in [-0.4, -0.2) is 47.3 Å². The second-order valence-corrected chi connectivity index (χ2v) is 3.91. The van der Waals surface area contributed by atoms with Crippen molar-refractivity contribution in [2.75, 3.05) is 31.2 Å². The Morgan fingerprint density at radius 3 is 2.20 bits per heavy atom. The molecule has 0 aliphatic rings. The zero-order valence-corrected chi connectivity index (χ0v) is 10.5. The van der Waals surface area contributed by atoms with Gasteiger partial charge in [0.2, 0.25) is 0 Å². The van der Waals surface area contributed by atoms with E-state index in [4.69, 9.17) is 21.4 Å². The number of nitrogens with zero attached hydrogens (tertiary/aromatic N) is 2. The Morgan fingerprint density at radius 2 is 1.80 bits per heavy atom. The first-order chi connectivity index (χ1) is 9.31. The Labute approximate surface area is 113 Å². The lowest BCUT2D eigenvalue weighted by atomic mass is 10.2. The number of nitrogens with two attached hydrogens (primary N) is 1. The third-order valence-electron chi connectivity index (χ3n) is 2.50. The first kappa shape index (κ1) is 16.2. The van der Waals surface area contributed by atoms with Crippen LogP contribution in [-0.2, 0) is 6.18 Å². The van der Waals surface area contributed by atoms with Crippen molar-refractivity contribution in [3.63, 3.8) is 0 Å². The number of nitrogen functional groups attached to an aromatic ring is 1. The molecule has 0 atom stereocenters. The molecule has 9 heteroatoms. The van der Waals surface area contributed by atoms with E-state index >= 15 is 0 Å². The van der Waals surface area contributed by atoms with Gasteiger partial charge in [0.15, 0.2) is 0 Å². The third-order valence-corrected chi connectivity index (χ3v) is 2.50. The molecule has 0 fully saturated rings. The van der Waals surface area contributed by atoms with Gasteiger partial charge in [-0.2, -0.15) is 13.2 Å². The number of hydrogen-bond donors (Lipinski definition) is 4. The van der Waals surface area contributed by atoms with E-state index in [2.05, 4.69) is 4.98 Å². The van der Waals surface area contributed by atoms with Crippen LogP contribution in [0.5, 0.6) is 0 Å². The van der Waals surface area contributed by atoms with Gasteiger partial charge in [0, 0.05) is 13.1 Å². The number of pyridine rings is 1. The zero-order valence-electron chi connectivity index (χ0n) is 10.5. The molecule has 5 N–H and O–H groups in total. The molecule has 0 radical (unpaired) electrons. The van der Waals surface area contributed by atoms with Gasteiger partial charge < -0.3 is 20.8 Å². The molecule has 0 aliphatic heterocycles. The summed E-state index contributed by atoms with van der Waals surface area (Å²) < 4.78 is 38.0. The van der Waals surface area contributed by atoms with Crippen LogP contribution < -0.4 is 10.6 Å². The lowest BCUT2D eigenvalue weighted by Gasteiger charge is -2.24. The molecule has 0 spiro atoms. The number of amidine groups is 1. The molecule has 0 bridgehead atoms. The summed E-state index contributed by atoms with van der Waals surface area (Å²) in [4.78, 5) is 4.70. The van der Waals surface area contributed by atoms with Gasteiger partial charge in [0.25, 0.3) is 0 Å². The van der Waals surface area contributed by atoms with Crippen LogP contribution in [0.3, 0.4) is 0 Å². The number of nitrogens with one attached hydrogen (secondary N) is 1. The number of anilines is 1. The lowest BCUT2D eigenvalue weighted by molar-refractivity contribution is -0.141. The highest BCUT2D eigenvalue weighted by molar-refractivity contribution is 5.99. The molecule has 0 saturated heterocycles. The van der Waals surface area contributed by atoms with Gasteiger partial charge in [0.05, 0.1) is 18.8 Å². The number of aliphatic hydroxyl groups is 2. The Kier molecular flexibility index (Phi) is 5.28. The van der Waals surface area contributed by atoms with Gasteiger partial charge >= 0.3 is 6.18 Å². The molecule has 0 unspecified atom stereocenters. The van der Waals surface area contributed by atoms with E-state index in [9.17, 15) is 13.2 Å². The maximum Gasteiger partial charge on any atom is 0.433 e. The molecule has 1 aromatic rings. The van der Waals surface area contributed by atoms with Crippen LogP contribution in [0.1, 0.15) is 11.3 Å². The summed E-state index contributed by atoms with van der Waals surface area (Å²) in [6.07, 6.45) is -4.63. The fourth-order valence-electron chi connectivity index (χ4n) is 1.62. The molecular formula is C11H15F3N4O2. The summed E-state index contributed by atoms with van der Waals surface area (Å²) in [5, 5.41) is 25.2. The quantitative estimate of drug-likeness (QED) is 0.442. The maximum atomic E-state index is 12.7. The van der Waals surface area contributed by atoms with Crippen LogP contribution in [0.25, 0.3) is 0 Å². The number of rotatable bonds is 6. The van der Waals surface area contributed by atoms with Gasteiger partial charge in [-0.15, -0.1) is 0 Å². The first-order valence-electron chi connectivity index (χ1n) is 5.70. The molecule has 20 heavy (non-hydrogen) atoms. The number of aliphatic hydroxyl groups excluding tert-OH is 2. The molecule has 1 aromatic heterocycles. The second-order valence-electron chi connectivity index (χ2n) is 3.91. The highest BCUT2D eigenvalue weighted by Gasteiger charge is 2.33. The van der Waals surface area contributed by atoms with Crippen LogP contribution in [0.4, 0.5) is 19.0 Å². The van der Waals surface area contributed by atoms with Gasteiger partial charge in [-0.1, -0.05) is 0 Å². The Bertz CT molecular complexity index is 473. The minimum absolute atomic E-state index is 0.0138. The van der Waals surface area contributed by atoms with Crippen LogP contribution in [0.2, 0.25) is 0 Å². The normalized spacial score (nSPS) is 11.4. The average molecular weight is 292 g/mol. The van der Waals surface area contributed by atoms with Crippen molar-refractivity contribution in [3.05, 3.63) is 23.4 Å². The number of alkyl halides is 3. The van der Waals surface area contributed by atoms with Crippen molar-refractivity contribution in [2.45, 2.75) is 6.18 Å². The van der Waals surface area contributed by atoms with Crippen molar-refractivity contribution in [1.82, 2.24) is 4.98 Å². The van der Waals surface area contributed by atoms with E-state index in [0.29, 0.717) is 0 Å². The number of halogens is 3. The molecule has 0 saturated carbocycles. The van der Waals surface area contributed by atoms with E-state index in [1.165, 1.54) is 4.90 Å². The maximum absolute atomic E-state index is 12.7. The molecule has 0 amide bonds. The minimum atomic E-state index is -4.63. The van der Waals surface area contributed by atoms with Crippen LogP contribution in [0, 0.1) is 5.41 Å². The SMILES string of the molecule is N=C(N)c1ccc(C(F)(F)F)nc1N(CCO)CCO. The fraction of sp³-hybridized carbons (Fsp3) is 0.455. The molecule has 0 aromatic carbocycles. The molecular weight excluding hydrogens is 277 g/mol. The summed E-state index contributed by atoms with van der Waals surface area (Å²) in [7, 11) is 0. The molecule has 112 valence electrons. The highest BCUT2D eigenvalue weighted by Crippen LogP contribution is 2.30. The standard InChI is InChI=1S/C11H15F3N4O2/c12-11(13,14)8-2-1-7(9(15)16)10(17-8)18(3-5-19)4-6-20/h1-2,19-20H,3-6H2,(H3,15,16). The predicted octanol–water partition coefficient (Wildman–Crippen LogP) is 0.175. The van der Waals surface area contributed by atoms with Crippen molar-refractivity contribution >= 4 is 11.7 Å². The summed E-state index contributed by atoms with van der Waals surface area (Å²) in [5.41, 5.74) is 4.20.